The van der Waals surface area contributed by atoms with Crippen molar-refractivity contribution in [2.24, 2.45) is 5.73 Å². The molecule has 1 amide bonds. The van der Waals surface area contributed by atoms with Crippen LogP contribution in [0, 0.1) is 0 Å². The second-order valence-corrected chi connectivity index (χ2v) is 6.94. The number of thiazole rings is 2. The Labute approximate surface area is 147 Å². The van der Waals surface area contributed by atoms with Crippen LogP contribution in [-0.4, -0.2) is 27.4 Å². The monoisotopic (exact) mass is 359 g/mol. The number of carbonyl (C=O) groups excluding carboxylic acids is 1. The molecule has 3 heterocycles. The number of nitrogens with zero attached hydrogens (tertiary/aromatic N) is 3. The quantitative estimate of drug-likeness (QED) is 0.632. The molecule has 0 aromatic carbocycles. The van der Waals surface area contributed by atoms with E-state index in [0.717, 1.165) is 34.1 Å². The molecule has 3 aromatic rings. The first-order valence-electron chi connectivity index (χ1n) is 7.53. The van der Waals surface area contributed by atoms with Crippen LogP contribution in [-0.2, 0) is 13.0 Å². The molecule has 0 unspecified atom stereocenters. The van der Waals surface area contributed by atoms with E-state index in [2.05, 4.69) is 20.3 Å². The number of nitrogens with one attached hydrogen (secondary N) is 1. The average molecular weight is 359 g/mol. The van der Waals surface area contributed by atoms with Crippen LogP contribution in [0.2, 0.25) is 0 Å². The van der Waals surface area contributed by atoms with Crippen molar-refractivity contribution in [3.8, 4) is 11.3 Å². The summed E-state index contributed by atoms with van der Waals surface area (Å²) < 4.78 is 0. The molecule has 8 heteroatoms. The third-order valence-electron chi connectivity index (χ3n) is 3.34. The molecule has 0 aliphatic carbocycles. The summed E-state index contributed by atoms with van der Waals surface area (Å²) in [5.41, 5.74) is 7.98. The smallest absolute Gasteiger partial charge is 0.270 e. The molecule has 0 spiro atoms. The van der Waals surface area contributed by atoms with E-state index >= 15 is 0 Å². The van der Waals surface area contributed by atoms with Gasteiger partial charge in [-0.15, -0.1) is 22.7 Å². The van der Waals surface area contributed by atoms with Crippen LogP contribution in [0.25, 0.3) is 11.3 Å². The van der Waals surface area contributed by atoms with Gasteiger partial charge in [-0.2, -0.15) is 0 Å². The van der Waals surface area contributed by atoms with Crippen LogP contribution in [0.1, 0.15) is 26.9 Å². The summed E-state index contributed by atoms with van der Waals surface area (Å²) >= 11 is 3.04. The fraction of sp³-hybridized carbons (Fsp3) is 0.250. The van der Waals surface area contributed by atoms with Crippen LogP contribution >= 0.6 is 22.7 Å². The van der Waals surface area contributed by atoms with E-state index in [1.807, 2.05) is 17.5 Å². The molecular formula is C16H17N5OS2. The lowest BCUT2D eigenvalue weighted by molar-refractivity contribution is 0.0949. The Kier molecular flexibility index (Phi) is 5.63. The van der Waals surface area contributed by atoms with Crippen LogP contribution in [0.15, 0.2) is 35.3 Å². The number of aromatic nitrogens is 3. The predicted octanol–water partition coefficient (Wildman–Crippen LogP) is 2.48. The van der Waals surface area contributed by atoms with Gasteiger partial charge in [-0.25, -0.2) is 9.97 Å². The van der Waals surface area contributed by atoms with Gasteiger partial charge in [-0.1, -0.05) is 0 Å². The molecule has 0 fully saturated rings. The van der Waals surface area contributed by atoms with Gasteiger partial charge in [-0.3, -0.25) is 9.78 Å². The predicted molar refractivity (Wildman–Crippen MR) is 96.0 cm³/mol. The third-order valence-corrected chi connectivity index (χ3v) is 5.12. The molecule has 3 rings (SSSR count). The zero-order valence-electron chi connectivity index (χ0n) is 12.9. The Balaban J connectivity index is 1.45. The van der Waals surface area contributed by atoms with Gasteiger partial charge in [0.15, 0.2) is 0 Å². The molecule has 0 saturated heterocycles. The Morgan fingerprint density at radius 2 is 1.92 bits per heavy atom. The topological polar surface area (TPSA) is 93.8 Å². The van der Waals surface area contributed by atoms with Gasteiger partial charge >= 0.3 is 0 Å². The maximum Gasteiger partial charge on any atom is 0.270 e. The first-order valence-corrected chi connectivity index (χ1v) is 9.29. The molecule has 3 N–H and O–H groups in total. The summed E-state index contributed by atoms with van der Waals surface area (Å²) in [6.07, 6.45) is 5.20. The van der Waals surface area contributed by atoms with E-state index in [4.69, 9.17) is 5.73 Å². The van der Waals surface area contributed by atoms with Gasteiger partial charge in [0.25, 0.3) is 5.91 Å². The van der Waals surface area contributed by atoms with E-state index in [-0.39, 0.29) is 5.91 Å². The molecular weight excluding hydrogens is 342 g/mol. The van der Waals surface area contributed by atoms with Gasteiger partial charge < -0.3 is 11.1 Å². The number of pyridine rings is 1. The van der Waals surface area contributed by atoms with Crippen LogP contribution < -0.4 is 11.1 Å². The highest BCUT2D eigenvalue weighted by atomic mass is 32.1. The largest absolute Gasteiger partial charge is 0.351 e. The lowest BCUT2D eigenvalue weighted by atomic mass is 10.2. The molecule has 0 saturated carbocycles. The van der Waals surface area contributed by atoms with Gasteiger partial charge in [-0.05, 0) is 18.6 Å². The summed E-state index contributed by atoms with van der Waals surface area (Å²) in [4.78, 5) is 24.8. The van der Waals surface area contributed by atoms with Gasteiger partial charge in [0, 0.05) is 48.2 Å². The van der Waals surface area contributed by atoms with Crippen molar-refractivity contribution in [1.29, 1.82) is 0 Å². The Bertz CT molecular complexity index is 800. The van der Waals surface area contributed by atoms with Gasteiger partial charge in [0.05, 0.1) is 10.7 Å². The molecule has 0 aliphatic heterocycles. The third kappa shape index (κ3) is 4.22. The first-order chi connectivity index (χ1) is 11.8. The minimum atomic E-state index is -0.150. The molecule has 0 radical (unpaired) electrons. The Morgan fingerprint density at radius 3 is 2.67 bits per heavy atom. The van der Waals surface area contributed by atoms with Crippen molar-refractivity contribution < 1.29 is 4.79 Å². The number of hydrogen-bond donors (Lipinski definition) is 2. The van der Waals surface area contributed by atoms with Crippen molar-refractivity contribution in [2.45, 2.75) is 19.4 Å². The molecule has 0 atom stereocenters. The highest BCUT2D eigenvalue weighted by Crippen LogP contribution is 2.21. The van der Waals surface area contributed by atoms with Crippen LogP contribution in [0.4, 0.5) is 0 Å². The highest BCUT2D eigenvalue weighted by molar-refractivity contribution is 7.10. The van der Waals surface area contributed by atoms with E-state index in [0.29, 0.717) is 18.8 Å². The van der Waals surface area contributed by atoms with Crippen molar-refractivity contribution in [3.05, 3.63) is 51.0 Å². The normalized spacial score (nSPS) is 10.7. The molecule has 0 aliphatic rings. The number of rotatable bonds is 7. The second kappa shape index (κ2) is 8.09. The van der Waals surface area contributed by atoms with Crippen molar-refractivity contribution in [2.75, 3.05) is 6.54 Å². The van der Waals surface area contributed by atoms with Gasteiger partial charge in [0.1, 0.15) is 10.7 Å². The van der Waals surface area contributed by atoms with E-state index in [9.17, 15) is 4.79 Å². The second-order valence-electron chi connectivity index (χ2n) is 5.05. The van der Waals surface area contributed by atoms with E-state index < -0.39 is 0 Å². The zero-order chi connectivity index (χ0) is 16.8. The van der Waals surface area contributed by atoms with Gasteiger partial charge in [0.2, 0.25) is 0 Å². The molecule has 24 heavy (non-hydrogen) atoms. The number of aryl methyl sites for hydroxylation is 1. The van der Waals surface area contributed by atoms with Crippen LogP contribution in [0.3, 0.4) is 0 Å². The fourth-order valence-corrected chi connectivity index (χ4v) is 3.63. The maximum atomic E-state index is 11.9. The molecule has 6 nitrogen and oxygen atoms in total. The molecule has 124 valence electrons. The maximum absolute atomic E-state index is 11.9. The SMILES string of the molecule is NCc1nc(C(=O)NCCCc2nc(-c3ccncc3)cs2)cs1. The van der Waals surface area contributed by atoms with Crippen molar-refractivity contribution in [3.63, 3.8) is 0 Å². The summed E-state index contributed by atoms with van der Waals surface area (Å²) in [6, 6.07) is 3.89. The fourth-order valence-electron chi connectivity index (χ4n) is 2.12. The minimum Gasteiger partial charge on any atom is -0.351 e. The number of hydrogen-bond acceptors (Lipinski definition) is 7. The summed E-state index contributed by atoms with van der Waals surface area (Å²) in [7, 11) is 0. The van der Waals surface area contributed by atoms with Crippen molar-refractivity contribution in [1.82, 2.24) is 20.3 Å². The summed E-state index contributed by atoms with van der Waals surface area (Å²) in [5.74, 6) is -0.150. The summed E-state index contributed by atoms with van der Waals surface area (Å²) in [5, 5.41) is 8.50. The lowest BCUT2D eigenvalue weighted by Crippen LogP contribution is -2.25. The van der Waals surface area contributed by atoms with E-state index in [1.54, 1.807) is 29.1 Å². The Morgan fingerprint density at radius 1 is 1.12 bits per heavy atom. The number of amides is 1. The lowest BCUT2D eigenvalue weighted by Gasteiger charge is -2.01. The standard InChI is InChI=1S/C16H17N5OS2/c17-8-15-21-13(10-24-15)16(22)19-5-1-2-14-20-12(9-23-14)11-3-6-18-7-4-11/h3-4,6-7,9-10H,1-2,5,8,17H2,(H,19,22). The highest BCUT2D eigenvalue weighted by Gasteiger charge is 2.10. The van der Waals surface area contributed by atoms with Crippen molar-refractivity contribution >= 4 is 28.6 Å². The number of nitrogens with two attached hydrogens (primary N) is 1. The zero-order valence-corrected chi connectivity index (χ0v) is 14.6. The molecule has 0 bridgehead atoms. The number of carbonyl (C=O) groups is 1. The Hall–Kier alpha value is -2.16. The first kappa shape index (κ1) is 16.7. The molecule has 3 aromatic heterocycles. The average Bonchev–Trinajstić information content (AvgIpc) is 3.28. The minimum absolute atomic E-state index is 0.150. The summed E-state index contributed by atoms with van der Waals surface area (Å²) in [6.45, 7) is 0.959. The van der Waals surface area contributed by atoms with E-state index in [1.165, 1.54) is 11.3 Å². The van der Waals surface area contributed by atoms with Crippen LogP contribution in [0.5, 0.6) is 0 Å².